The van der Waals surface area contributed by atoms with E-state index in [1.54, 1.807) is 43.2 Å². The van der Waals surface area contributed by atoms with Crippen LogP contribution in [0, 0.1) is 5.92 Å². The Labute approximate surface area is 291 Å². The first-order valence-corrected chi connectivity index (χ1v) is 18.2. The second-order valence-corrected chi connectivity index (χ2v) is 14.5. The highest BCUT2D eigenvalue weighted by Crippen LogP contribution is 2.30. The zero-order valence-electron chi connectivity index (χ0n) is 29.4. The molecule has 0 bridgehead atoms. The first-order chi connectivity index (χ1) is 23.4. The third-order valence-electron chi connectivity index (χ3n) is 8.78. The Kier molecular flexibility index (Phi) is 13.7. The lowest BCUT2D eigenvalue weighted by atomic mass is 10.0. The van der Waals surface area contributed by atoms with Crippen LogP contribution in [0.5, 0.6) is 17.2 Å². The molecule has 4 rings (SSSR count). The molecule has 49 heavy (non-hydrogen) atoms. The molecule has 1 heterocycles. The van der Waals surface area contributed by atoms with Gasteiger partial charge >= 0.3 is 0 Å². The number of amides is 1. The van der Waals surface area contributed by atoms with Gasteiger partial charge in [0.1, 0.15) is 17.2 Å². The van der Waals surface area contributed by atoms with Crippen LogP contribution >= 0.6 is 0 Å². The van der Waals surface area contributed by atoms with E-state index in [0.29, 0.717) is 37.7 Å². The molecule has 4 atom stereocenters. The van der Waals surface area contributed by atoms with Crippen LogP contribution in [-0.2, 0) is 21.3 Å². The van der Waals surface area contributed by atoms with Crippen LogP contribution in [-0.4, -0.2) is 95.1 Å². The lowest BCUT2D eigenvalue weighted by Gasteiger charge is -2.36. The number of fused-ring (bicyclic) bond motifs is 1. The quantitative estimate of drug-likeness (QED) is 0.270. The highest BCUT2D eigenvalue weighted by Gasteiger charge is 2.31. The Morgan fingerprint density at radius 1 is 1.00 bits per heavy atom. The molecule has 1 aliphatic heterocycles. The largest absolute Gasteiger partial charge is 0.497 e. The molecule has 0 fully saturated rings. The summed E-state index contributed by atoms with van der Waals surface area (Å²) in [6.07, 6.45) is 2.08. The number of nitrogens with one attached hydrogen (secondary N) is 1. The molecule has 1 amide bonds. The number of carbonyl (C=O) groups excluding carboxylic acids is 1. The number of hydrogen-bond acceptors (Lipinski definition) is 9. The van der Waals surface area contributed by atoms with Crippen molar-refractivity contribution in [1.29, 1.82) is 0 Å². The number of rotatable bonds is 11. The number of nitrogens with zero attached hydrogens (tertiary/aromatic N) is 2. The van der Waals surface area contributed by atoms with Gasteiger partial charge in [-0.3, -0.25) is 14.4 Å². The number of benzene rings is 3. The van der Waals surface area contributed by atoms with Crippen LogP contribution < -0.4 is 18.9 Å². The van der Waals surface area contributed by atoms with Crippen LogP contribution in [0.4, 0.5) is 5.69 Å². The van der Waals surface area contributed by atoms with Crippen LogP contribution in [0.25, 0.3) is 0 Å². The van der Waals surface area contributed by atoms with Crippen molar-refractivity contribution in [2.45, 2.75) is 69.7 Å². The van der Waals surface area contributed by atoms with Crippen molar-refractivity contribution in [3.8, 4) is 17.2 Å². The summed E-state index contributed by atoms with van der Waals surface area (Å²) in [6, 6.07) is 18.2. The van der Waals surface area contributed by atoms with Gasteiger partial charge in [-0.05, 0) is 100 Å². The average molecular weight is 698 g/mol. The lowest BCUT2D eigenvalue weighted by molar-refractivity contribution is -0.0177. The number of ether oxygens (including phenoxy) is 4. The van der Waals surface area contributed by atoms with Gasteiger partial charge in [-0.25, -0.2) is 8.42 Å². The Balaban J connectivity index is 1.62. The highest BCUT2D eigenvalue weighted by molar-refractivity contribution is 7.92. The minimum atomic E-state index is -3.97. The van der Waals surface area contributed by atoms with E-state index in [4.69, 9.17) is 18.9 Å². The SMILES string of the molecule is COc1ccc(CN(C)C[C@H]2OCCCC[C@@H](C)Oc3ccc(NS(=O)(=O)c4ccc(OC)cc4)cc3C(=O)N([C@@H](C)CO)C[C@@H]2C)cc1. The zero-order valence-corrected chi connectivity index (χ0v) is 30.2. The number of carbonyl (C=O) groups is 1. The molecular formula is C37H51N3O8S. The standard InChI is InChI=1S/C37H51N3O8S/c1-26-22-40(27(2)25-41)37(42)34-21-30(38-49(43,44)33-17-15-32(46-6)16-18-33)12-19-35(34)48-28(3)9-7-8-20-47-36(26)24-39(4)23-29-10-13-31(45-5)14-11-29/h10-19,21,26-28,36,38,41H,7-9,20,22-25H2,1-6H3/t26-,27-,28+,36+/m0/s1. The minimum Gasteiger partial charge on any atom is -0.497 e. The van der Waals surface area contributed by atoms with Crippen molar-refractivity contribution in [3.05, 3.63) is 77.9 Å². The normalized spacial score (nSPS) is 20.1. The van der Waals surface area contributed by atoms with Crippen LogP contribution in [0.15, 0.2) is 71.6 Å². The number of aliphatic hydroxyl groups is 1. The summed E-state index contributed by atoms with van der Waals surface area (Å²) in [6.45, 7) is 7.78. The third-order valence-corrected chi connectivity index (χ3v) is 10.2. The van der Waals surface area contributed by atoms with E-state index in [1.165, 1.54) is 25.3 Å². The van der Waals surface area contributed by atoms with Crippen molar-refractivity contribution in [1.82, 2.24) is 9.80 Å². The molecule has 0 aromatic heterocycles. The van der Waals surface area contributed by atoms with E-state index in [9.17, 15) is 18.3 Å². The van der Waals surface area contributed by atoms with Crippen molar-refractivity contribution >= 4 is 21.6 Å². The van der Waals surface area contributed by atoms with E-state index >= 15 is 0 Å². The van der Waals surface area contributed by atoms with Crippen molar-refractivity contribution in [3.63, 3.8) is 0 Å². The molecule has 0 unspecified atom stereocenters. The molecule has 11 nitrogen and oxygen atoms in total. The second-order valence-electron chi connectivity index (χ2n) is 12.8. The smallest absolute Gasteiger partial charge is 0.261 e. The fourth-order valence-electron chi connectivity index (χ4n) is 5.83. The maximum Gasteiger partial charge on any atom is 0.261 e. The topological polar surface area (TPSA) is 127 Å². The molecule has 3 aromatic rings. The van der Waals surface area contributed by atoms with Crippen molar-refractivity contribution < 1.29 is 37.3 Å². The molecule has 2 N–H and O–H groups in total. The molecule has 1 aliphatic rings. The monoisotopic (exact) mass is 697 g/mol. The molecule has 0 saturated carbocycles. The summed E-state index contributed by atoms with van der Waals surface area (Å²) in [5.74, 6) is 1.23. The predicted octanol–water partition coefficient (Wildman–Crippen LogP) is 5.43. The van der Waals surface area contributed by atoms with Crippen LogP contribution in [0.2, 0.25) is 0 Å². The number of anilines is 1. The highest BCUT2D eigenvalue weighted by atomic mass is 32.2. The molecule has 0 saturated heterocycles. The number of sulfonamides is 1. The predicted molar refractivity (Wildman–Crippen MR) is 190 cm³/mol. The molecule has 12 heteroatoms. The van der Waals surface area contributed by atoms with Gasteiger partial charge in [-0.2, -0.15) is 0 Å². The van der Waals surface area contributed by atoms with Crippen molar-refractivity contribution in [2.24, 2.45) is 5.92 Å². The van der Waals surface area contributed by atoms with Gasteiger partial charge in [-0.1, -0.05) is 19.1 Å². The van der Waals surface area contributed by atoms with Gasteiger partial charge < -0.3 is 29.0 Å². The van der Waals surface area contributed by atoms with E-state index < -0.39 is 16.1 Å². The fourth-order valence-corrected chi connectivity index (χ4v) is 6.88. The Morgan fingerprint density at radius 3 is 2.29 bits per heavy atom. The first-order valence-electron chi connectivity index (χ1n) is 16.8. The molecule has 0 spiro atoms. The van der Waals surface area contributed by atoms with Crippen molar-refractivity contribution in [2.75, 3.05) is 52.3 Å². The molecule has 0 aliphatic carbocycles. The van der Waals surface area contributed by atoms with Gasteiger partial charge in [0.2, 0.25) is 0 Å². The summed E-state index contributed by atoms with van der Waals surface area (Å²) in [4.78, 5) is 18.3. The first kappa shape index (κ1) is 38.0. The van der Waals surface area contributed by atoms with E-state index in [2.05, 4.69) is 23.6 Å². The summed E-state index contributed by atoms with van der Waals surface area (Å²) >= 11 is 0. The minimum absolute atomic E-state index is 0.0527. The number of methoxy groups -OCH3 is 2. The zero-order chi connectivity index (χ0) is 35.6. The Bertz CT molecular complexity index is 1600. The Hall–Kier alpha value is -3.84. The number of likely N-dealkylation sites (N-methyl/N-ethyl adjacent to an activating group) is 1. The molecule has 0 radical (unpaired) electrons. The van der Waals surface area contributed by atoms with E-state index in [1.807, 2.05) is 31.2 Å². The van der Waals surface area contributed by atoms with Gasteiger partial charge in [0.05, 0.1) is 49.5 Å². The maximum atomic E-state index is 14.4. The number of hydrogen-bond donors (Lipinski definition) is 2. The van der Waals surface area contributed by atoms with Crippen LogP contribution in [0.3, 0.4) is 0 Å². The second kappa shape index (κ2) is 17.7. The van der Waals surface area contributed by atoms with Gasteiger partial charge in [0.25, 0.3) is 15.9 Å². The third kappa shape index (κ3) is 10.6. The summed E-state index contributed by atoms with van der Waals surface area (Å²) < 4.78 is 52.4. The molecule has 268 valence electrons. The lowest BCUT2D eigenvalue weighted by Crippen LogP contribution is -2.47. The van der Waals surface area contributed by atoms with Gasteiger partial charge in [-0.15, -0.1) is 0 Å². The Morgan fingerprint density at radius 2 is 1.65 bits per heavy atom. The van der Waals surface area contributed by atoms with E-state index in [0.717, 1.165) is 30.6 Å². The average Bonchev–Trinajstić information content (AvgIpc) is 3.09. The summed E-state index contributed by atoms with van der Waals surface area (Å²) in [7, 11) is 1.24. The molecular weight excluding hydrogens is 646 g/mol. The fraction of sp³-hybridized carbons (Fsp3) is 0.486. The maximum absolute atomic E-state index is 14.4. The van der Waals surface area contributed by atoms with Crippen LogP contribution in [0.1, 0.15) is 56.0 Å². The number of aliphatic hydroxyl groups excluding tert-OH is 1. The van der Waals surface area contributed by atoms with E-state index in [-0.39, 0.29) is 46.8 Å². The van der Waals surface area contributed by atoms with Gasteiger partial charge in [0.15, 0.2) is 0 Å². The van der Waals surface area contributed by atoms with Gasteiger partial charge in [0, 0.05) is 37.8 Å². The summed E-state index contributed by atoms with van der Waals surface area (Å²) in [5, 5.41) is 10.3. The summed E-state index contributed by atoms with van der Waals surface area (Å²) in [5.41, 5.74) is 1.57. The molecule has 3 aromatic carbocycles.